The van der Waals surface area contributed by atoms with Crippen molar-refractivity contribution in [2.75, 3.05) is 7.11 Å². The predicted octanol–water partition coefficient (Wildman–Crippen LogP) is 5.40. The summed E-state index contributed by atoms with van der Waals surface area (Å²) in [5.41, 5.74) is -3.52. The smallest absolute Gasteiger partial charge is 0.417 e. The predicted molar refractivity (Wildman–Crippen MR) is 68.4 cm³/mol. The Balaban J connectivity index is 2.84. The molecule has 2 rings (SSSR count). The van der Waals surface area contributed by atoms with Crippen molar-refractivity contribution in [1.82, 2.24) is 0 Å². The molecule has 0 aliphatic carbocycles. The summed E-state index contributed by atoms with van der Waals surface area (Å²) < 4.78 is 83.5. The maximum absolute atomic E-state index is 13.1. The maximum Gasteiger partial charge on any atom is 0.417 e. The quantitative estimate of drug-likeness (QED) is 0.673. The molecule has 0 heterocycles. The molecule has 0 N–H and O–H groups in total. The van der Waals surface area contributed by atoms with Gasteiger partial charge in [-0.3, -0.25) is 0 Å². The van der Waals surface area contributed by atoms with Crippen LogP contribution in [-0.4, -0.2) is 7.11 Å². The van der Waals surface area contributed by atoms with Crippen LogP contribution in [-0.2, 0) is 12.4 Å². The van der Waals surface area contributed by atoms with Crippen molar-refractivity contribution in [3.63, 3.8) is 0 Å². The molecule has 0 saturated heterocycles. The average molecular weight is 320 g/mol. The summed E-state index contributed by atoms with van der Waals surface area (Å²) in [7, 11) is 1.11. The number of hydrogen-bond acceptors (Lipinski definition) is 1. The average Bonchev–Trinajstić information content (AvgIpc) is 2.44. The number of rotatable bonds is 2. The highest BCUT2D eigenvalue weighted by atomic mass is 19.4. The number of ether oxygens (including phenoxy) is 1. The highest BCUT2D eigenvalue weighted by Gasteiger charge is 2.39. The largest absolute Gasteiger partial charge is 0.496 e. The molecule has 0 bridgehead atoms. The molecule has 0 amide bonds. The second-order valence-corrected chi connectivity index (χ2v) is 4.42. The zero-order valence-corrected chi connectivity index (χ0v) is 11.2. The van der Waals surface area contributed by atoms with Gasteiger partial charge in [-0.15, -0.1) is 0 Å². The van der Waals surface area contributed by atoms with Crippen LogP contribution < -0.4 is 4.74 Å². The summed E-state index contributed by atoms with van der Waals surface area (Å²) in [5, 5.41) is 0. The van der Waals surface area contributed by atoms with Crippen LogP contribution >= 0.6 is 0 Å². The van der Waals surface area contributed by atoms with Crippen LogP contribution in [0.5, 0.6) is 5.75 Å². The van der Waals surface area contributed by atoms with Crippen LogP contribution in [0.2, 0.25) is 0 Å². The minimum atomic E-state index is -4.80. The fourth-order valence-electron chi connectivity index (χ4n) is 2.16. The minimum absolute atomic E-state index is 0.272. The monoisotopic (exact) mass is 320 g/mol. The fraction of sp³-hybridized carbons (Fsp3) is 0.200. The number of benzene rings is 2. The molecule has 0 aromatic heterocycles. The summed E-state index contributed by atoms with van der Waals surface area (Å²) in [6.45, 7) is 0. The summed E-state index contributed by atoms with van der Waals surface area (Å²) >= 11 is 0. The third kappa shape index (κ3) is 3.03. The molecule has 0 aliphatic heterocycles. The Hall–Kier alpha value is -2.18. The highest BCUT2D eigenvalue weighted by Crippen LogP contribution is 2.46. The van der Waals surface area contributed by atoms with Gasteiger partial charge in [0.15, 0.2) is 0 Å². The van der Waals surface area contributed by atoms with E-state index in [1.54, 1.807) is 0 Å². The van der Waals surface area contributed by atoms with Gasteiger partial charge in [0.1, 0.15) is 5.75 Å². The van der Waals surface area contributed by atoms with E-state index in [1.165, 1.54) is 12.1 Å². The first-order valence-corrected chi connectivity index (χ1v) is 6.07. The molecule has 0 aliphatic rings. The number of methoxy groups -OCH3 is 1. The lowest BCUT2D eigenvalue weighted by Gasteiger charge is -2.19. The van der Waals surface area contributed by atoms with Crippen molar-refractivity contribution < 1.29 is 31.1 Å². The van der Waals surface area contributed by atoms with Crippen molar-refractivity contribution >= 4 is 0 Å². The van der Waals surface area contributed by atoms with E-state index in [2.05, 4.69) is 0 Å². The molecule has 0 radical (unpaired) electrons. The molecule has 0 fully saturated rings. The van der Waals surface area contributed by atoms with Crippen molar-refractivity contribution in [2.24, 2.45) is 0 Å². The first kappa shape index (κ1) is 16.2. The van der Waals surface area contributed by atoms with Gasteiger partial charge in [0.25, 0.3) is 0 Å². The molecule has 0 spiro atoms. The third-order valence-electron chi connectivity index (χ3n) is 3.05. The van der Waals surface area contributed by atoms with Crippen LogP contribution in [0.1, 0.15) is 11.1 Å². The zero-order chi connectivity index (χ0) is 16.5. The Morgan fingerprint density at radius 2 is 1.27 bits per heavy atom. The summed E-state index contributed by atoms with van der Waals surface area (Å²) in [6.07, 6.45) is -9.58. The number of hydrogen-bond donors (Lipinski definition) is 0. The third-order valence-corrected chi connectivity index (χ3v) is 3.05. The van der Waals surface area contributed by atoms with E-state index >= 15 is 0 Å². The van der Waals surface area contributed by atoms with Gasteiger partial charge in [0, 0.05) is 5.56 Å². The van der Waals surface area contributed by atoms with Gasteiger partial charge < -0.3 is 4.74 Å². The van der Waals surface area contributed by atoms with Gasteiger partial charge >= 0.3 is 12.4 Å². The van der Waals surface area contributed by atoms with Gasteiger partial charge in [0.2, 0.25) is 0 Å². The fourth-order valence-corrected chi connectivity index (χ4v) is 2.16. The number of halogens is 6. The Morgan fingerprint density at radius 3 is 1.82 bits per heavy atom. The Bertz CT molecular complexity index is 672. The molecule has 2 aromatic carbocycles. The van der Waals surface area contributed by atoms with Crippen LogP contribution in [0.3, 0.4) is 0 Å². The first-order chi connectivity index (χ1) is 10.2. The lowest BCUT2D eigenvalue weighted by molar-refractivity contribution is -0.139. The molecular weight excluding hydrogens is 310 g/mol. The van der Waals surface area contributed by atoms with Crippen LogP contribution in [0.4, 0.5) is 26.3 Å². The van der Waals surface area contributed by atoms with Gasteiger partial charge in [-0.2, -0.15) is 26.3 Å². The molecule has 0 unspecified atom stereocenters. The maximum atomic E-state index is 13.1. The van der Waals surface area contributed by atoms with Gasteiger partial charge in [-0.05, 0) is 23.8 Å². The van der Waals surface area contributed by atoms with E-state index in [1.807, 2.05) is 0 Å². The second-order valence-electron chi connectivity index (χ2n) is 4.42. The Morgan fingerprint density at radius 1 is 0.727 bits per heavy atom. The molecule has 2 aromatic rings. The SMILES string of the molecule is COc1cccc(C(F)(F)F)c1-c1ccccc1C(F)(F)F. The van der Waals surface area contributed by atoms with Crippen molar-refractivity contribution in [3.05, 3.63) is 53.6 Å². The summed E-state index contributed by atoms with van der Waals surface area (Å²) in [6, 6.07) is 7.11. The summed E-state index contributed by atoms with van der Waals surface area (Å²) in [4.78, 5) is 0. The number of alkyl halides is 6. The van der Waals surface area contributed by atoms with Crippen molar-refractivity contribution in [1.29, 1.82) is 0 Å². The van der Waals surface area contributed by atoms with E-state index in [9.17, 15) is 26.3 Å². The minimum Gasteiger partial charge on any atom is -0.496 e. The van der Waals surface area contributed by atoms with E-state index in [4.69, 9.17) is 4.74 Å². The van der Waals surface area contributed by atoms with E-state index in [0.29, 0.717) is 0 Å². The normalized spacial score (nSPS) is 12.3. The molecule has 22 heavy (non-hydrogen) atoms. The van der Waals surface area contributed by atoms with Crippen LogP contribution in [0.15, 0.2) is 42.5 Å². The molecule has 1 nitrogen and oxygen atoms in total. The van der Waals surface area contributed by atoms with Gasteiger partial charge in [-0.1, -0.05) is 24.3 Å². The Kier molecular flexibility index (Phi) is 4.08. The summed E-state index contributed by atoms with van der Waals surface area (Å²) in [5.74, 6) is -0.272. The van der Waals surface area contributed by atoms with E-state index < -0.39 is 34.6 Å². The molecular formula is C15H10F6O. The van der Waals surface area contributed by atoms with E-state index in [0.717, 1.165) is 37.4 Å². The Labute approximate surface area is 122 Å². The highest BCUT2D eigenvalue weighted by molar-refractivity contribution is 5.77. The van der Waals surface area contributed by atoms with Gasteiger partial charge in [0.05, 0.1) is 18.2 Å². The lowest BCUT2D eigenvalue weighted by atomic mass is 9.94. The van der Waals surface area contributed by atoms with Gasteiger partial charge in [-0.25, -0.2) is 0 Å². The van der Waals surface area contributed by atoms with Crippen molar-refractivity contribution in [3.8, 4) is 16.9 Å². The van der Waals surface area contributed by atoms with E-state index in [-0.39, 0.29) is 5.75 Å². The molecule has 7 heteroatoms. The van der Waals surface area contributed by atoms with Crippen molar-refractivity contribution in [2.45, 2.75) is 12.4 Å². The second kappa shape index (κ2) is 5.55. The molecule has 118 valence electrons. The lowest BCUT2D eigenvalue weighted by Crippen LogP contribution is -2.12. The van der Waals surface area contributed by atoms with Crippen LogP contribution in [0.25, 0.3) is 11.1 Å². The molecule has 0 saturated carbocycles. The van der Waals surface area contributed by atoms with Crippen LogP contribution in [0, 0.1) is 0 Å². The standard InChI is InChI=1S/C15H10F6O/c1-22-12-8-4-7-11(15(19,20)21)13(12)9-5-2-3-6-10(9)14(16,17)18/h2-8H,1H3. The zero-order valence-electron chi connectivity index (χ0n) is 11.2. The first-order valence-electron chi connectivity index (χ1n) is 6.07. The molecule has 0 atom stereocenters. The topological polar surface area (TPSA) is 9.23 Å².